The minimum absolute atomic E-state index is 0.0892. The Kier molecular flexibility index (Phi) is 4.99. The van der Waals surface area contributed by atoms with Crippen LogP contribution in [0.5, 0.6) is 0 Å². The number of hydrogen-bond acceptors (Lipinski definition) is 5. The van der Waals surface area contributed by atoms with E-state index in [0.717, 1.165) is 0 Å². The van der Waals surface area contributed by atoms with E-state index >= 15 is 0 Å². The van der Waals surface area contributed by atoms with E-state index < -0.39 is 5.95 Å². The molecule has 0 radical (unpaired) electrons. The minimum Gasteiger partial charge on any atom is -0.376 e. The average Bonchev–Trinajstić information content (AvgIpc) is 2.53. The molecular weight excluding hydrogens is 333 g/mol. The number of hydrogen-bond donors (Lipinski definition) is 1. The van der Waals surface area contributed by atoms with Gasteiger partial charge in [0.15, 0.2) is 0 Å². The molecule has 24 heavy (non-hydrogen) atoms. The Morgan fingerprint density at radius 3 is 2.96 bits per heavy atom. The molecule has 0 aromatic carbocycles. The second-order valence-electron chi connectivity index (χ2n) is 6.29. The van der Waals surface area contributed by atoms with Crippen LogP contribution in [0.2, 0.25) is 5.02 Å². The Bertz CT molecular complexity index is 727. The molecular formula is C17H19ClFN3O2. The van der Waals surface area contributed by atoms with Gasteiger partial charge in [0.25, 0.3) is 0 Å². The van der Waals surface area contributed by atoms with E-state index in [9.17, 15) is 4.39 Å². The zero-order chi connectivity index (χ0) is 17.2. The molecule has 3 heterocycles. The second-order valence-corrected chi connectivity index (χ2v) is 6.70. The third kappa shape index (κ3) is 4.20. The fourth-order valence-corrected chi connectivity index (χ4v) is 2.73. The minimum atomic E-state index is -0.547. The van der Waals surface area contributed by atoms with Gasteiger partial charge in [-0.05, 0) is 32.0 Å². The lowest BCUT2D eigenvalue weighted by atomic mass is 10.1. The maximum absolute atomic E-state index is 13.3. The molecule has 5 nitrogen and oxygen atoms in total. The average molecular weight is 352 g/mol. The van der Waals surface area contributed by atoms with Crippen LogP contribution in [-0.4, -0.2) is 41.4 Å². The first-order chi connectivity index (χ1) is 11.4. The van der Waals surface area contributed by atoms with Gasteiger partial charge in [-0.3, -0.25) is 0 Å². The molecule has 2 aromatic rings. The van der Waals surface area contributed by atoms with Gasteiger partial charge in [-0.15, -0.1) is 0 Å². The third-order valence-electron chi connectivity index (χ3n) is 3.60. The standard InChI is InChI=1S/C17H19ClFN3O2/c1-17(2)10-23-9-12(24-17)8-21-16-13(18)3-4-14(22-16)11-5-6-20-15(19)7-11/h3-7,12H,8-10H2,1-2H3,(H,21,22). The largest absolute Gasteiger partial charge is 0.376 e. The van der Waals surface area contributed by atoms with Crippen LogP contribution in [-0.2, 0) is 9.47 Å². The highest BCUT2D eigenvalue weighted by atomic mass is 35.5. The van der Waals surface area contributed by atoms with Crippen LogP contribution in [0.1, 0.15) is 13.8 Å². The van der Waals surface area contributed by atoms with Crippen LogP contribution in [0.25, 0.3) is 11.3 Å². The van der Waals surface area contributed by atoms with Crippen LogP contribution >= 0.6 is 11.6 Å². The van der Waals surface area contributed by atoms with Gasteiger partial charge in [0.05, 0.1) is 35.6 Å². The highest BCUT2D eigenvalue weighted by Crippen LogP contribution is 2.26. The van der Waals surface area contributed by atoms with E-state index in [-0.39, 0.29) is 11.7 Å². The number of ether oxygens (including phenoxy) is 2. The third-order valence-corrected chi connectivity index (χ3v) is 3.91. The lowest BCUT2D eigenvalue weighted by Gasteiger charge is -2.36. The molecule has 0 amide bonds. The maximum Gasteiger partial charge on any atom is 0.213 e. The van der Waals surface area contributed by atoms with Crippen molar-refractivity contribution in [3.05, 3.63) is 41.4 Å². The monoisotopic (exact) mass is 351 g/mol. The van der Waals surface area contributed by atoms with E-state index in [1.54, 1.807) is 18.2 Å². The Balaban J connectivity index is 1.73. The summed E-state index contributed by atoms with van der Waals surface area (Å²) in [7, 11) is 0. The van der Waals surface area contributed by atoms with Crippen LogP contribution in [0.3, 0.4) is 0 Å². The predicted molar refractivity (Wildman–Crippen MR) is 90.7 cm³/mol. The summed E-state index contributed by atoms with van der Waals surface area (Å²) in [5, 5.41) is 3.68. The summed E-state index contributed by atoms with van der Waals surface area (Å²) in [4.78, 5) is 8.02. The molecule has 1 fully saturated rings. The topological polar surface area (TPSA) is 56.3 Å². The van der Waals surface area contributed by atoms with Gasteiger partial charge >= 0.3 is 0 Å². The quantitative estimate of drug-likeness (QED) is 0.854. The summed E-state index contributed by atoms with van der Waals surface area (Å²) in [6.45, 7) is 5.59. The van der Waals surface area contributed by atoms with E-state index in [2.05, 4.69) is 15.3 Å². The zero-order valence-corrected chi connectivity index (χ0v) is 14.3. The Morgan fingerprint density at radius 2 is 2.21 bits per heavy atom. The van der Waals surface area contributed by atoms with Crippen LogP contribution in [0.15, 0.2) is 30.5 Å². The lowest BCUT2D eigenvalue weighted by molar-refractivity contribution is -0.177. The van der Waals surface area contributed by atoms with Crippen molar-refractivity contribution < 1.29 is 13.9 Å². The summed E-state index contributed by atoms with van der Waals surface area (Å²) in [5.74, 6) is -0.0212. The van der Waals surface area contributed by atoms with Crippen LogP contribution in [0.4, 0.5) is 10.2 Å². The van der Waals surface area contributed by atoms with Gasteiger partial charge in [-0.2, -0.15) is 4.39 Å². The molecule has 128 valence electrons. The molecule has 1 unspecified atom stereocenters. The summed E-state index contributed by atoms with van der Waals surface area (Å²) in [6.07, 6.45) is 1.32. The molecule has 1 aliphatic rings. The molecule has 2 aromatic heterocycles. The van der Waals surface area contributed by atoms with Gasteiger partial charge in [0.1, 0.15) is 5.82 Å². The van der Waals surface area contributed by atoms with E-state index in [1.165, 1.54) is 12.3 Å². The van der Waals surface area contributed by atoms with Crippen molar-refractivity contribution in [2.75, 3.05) is 25.1 Å². The summed E-state index contributed by atoms with van der Waals surface area (Å²) >= 11 is 6.21. The van der Waals surface area contributed by atoms with Crippen molar-refractivity contribution in [3.63, 3.8) is 0 Å². The number of rotatable bonds is 4. The molecule has 1 aliphatic heterocycles. The molecule has 0 spiro atoms. The van der Waals surface area contributed by atoms with Crippen molar-refractivity contribution in [1.29, 1.82) is 0 Å². The van der Waals surface area contributed by atoms with Crippen molar-refractivity contribution in [2.45, 2.75) is 25.6 Å². The number of nitrogens with zero attached hydrogens (tertiary/aromatic N) is 2. The predicted octanol–water partition coefficient (Wildman–Crippen LogP) is 3.54. The summed E-state index contributed by atoms with van der Waals surface area (Å²) in [6, 6.07) is 6.50. The Morgan fingerprint density at radius 1 is 1.38 bits per heavy atom. The van der Waals surface area contributed by atoms with E-state index in [0.29, 0.717) is 41.9 Å². The number of pyridine rings is 2. The smallest absolute Gasteiger partial charge is 0.213 e. The summed E-state index contributed by atoms with van der Waals surface area (Å²) in [5.41, 5.74) is 0.947. The van der Waals surface area contributed by atoms with Gasteiger partial charge in [-0.1, -0.05) is 11.6 Å². The van der Waals surface area contributed by atoms with Gasteiger partial charge < -0.3 is 14.8 Å². The SMILES string of the molecule is CC1(C)COCC(CNc2nc(-c3ccnc(F)c3)ccc2Cl)O1. The van der Waals surface area contributed by atoms with Crippen LogP contribution in [0, 0.1) is 5.95 Å². The highest BCUT2D eigenvalue weighted by Gasteiger charge is 2.29. The van der Waals surface area contributed by atoms with Gasteiger partial charge in [0.2, 0.25) is 5.95 Å². The molecule has 3 rings (SSSR count). The fraction of sp³-hybridized carbons (Fsp3) is 0.412. The van der Waals surface area contributed by atoms with Gasteiger partial charge in [-0.25, -0.2) is 9.97 Å². The fourth-order valence-electron chi connectivity index (χ4n) is 2.56. The molecule has 0 aliphatic carbocycles. The first-order valence-electron chi connectivity index (χ1n) is 7.71. The number of aromatic nitrogens is 2. The first kappa shape index (κ1) is 17.1. The molecule has 0 saturated carbocycles. The molecule has 0 bridgehead atoms. The van der Waals surface area contributed by atoms with E-state index in [1.807, 2.05) is 13.8 Å². The van der Waals surface area contributed by atoms with Gasteiger partial charge in [0, 0.05) is 24.4 Å². The first-order valence-corrected chi connectivity index (χ1v) is 8.09. The molecule has 1 saturated heterocycles. The molecule has 1 atom stereocenters. The van der Waals surface area contributed by atoms with Crippen LogP contribution < -0.4 is 5.32 Å². The maximum atomic E-state index is 13.3. The van der Waals surface area contributed by atoms with Crippen molar-refractivity contribution in [1.82, 2.24) is 9.97 Å². The van der Waals surface area contributed by atoms with Crippen molar-refractivity contribution in [2.24, 2.45) is 0 Å². The molecule has 1 N–H and O–H groups in total. The number of anilines is 1. The lowest BCUT2D eigenvalue weighted by Crippen LogP contribution is -2.45. The number of halogens is 2. The second kappa shape index (κ2) is 7.01. The Labute approximate surface area is 145 Å². The van der Waals surface area contributed by atoms with Crippen molar-refractivity contribution >= 4 is 17.4 Å². The Hall–Kier alpha value is -1.76. The van der Waals surface area contributed by atoms with E-state index in [4.69, 9.17) is 21.1 Å². The summed E-state index contributed by atoms with van der Waals surface area (Å²) < 4.78 is 24.8. The molecule has 7 heteroatoms. The normalized spacial score (nSPS) is 19.9. The van der Waals surface area contributed by atoms with Crippen molar-refractivity contribution in [3.8, 4) is 11.3 Å². The number of nitrogens with one attached hydrogen (secondary N) is 1. The highest BCUT2D eigenvalue weighted by molar-refractivity contribution is 6.33. The zero-order valence-electron chi connectivity index (χ0n) is 13.6.